The number of rotatable bonds is 1. The summed E-state index contributed by atoms with van der Waals surface area (Å²) in [6, 6.07) is 13.6. The lowest BCUT2D eigenvalue weighted by molar-refractivity contribution is -0.122. The molecular weight excluding hydrogens is 326 g/mol. The summed E-state index contributed by atoms with van der Waals surface area (Å²) in [7, 11) is 0. The van der Waals surface area contributed by atoms with Gasteiger partial charge in [-0.15, -0.1) is 0 Å². The summed E-state index contributed by atoms with van der Waals surface area (Å²) < 4.78 is 0. The van der Waals surface area contributed by atoms with E-state index in [1.54, 1.807) is 0 Å². The van der Waals surface area contributed by atoms with Gasteiger partial charge < -0.3 is 15.5 Å². The SMILES string of the molecule is Cc1cccc(C)c1C(=O)N1CCC2(CC1)Nc1ccccc1NC2=O. The largest absolute Gasteiger partial charge is 0.369 e. The highest BCUT2D eigenvalue weighted by atomic mass is 16.2. The Morgan fingerprint density at radius 3 is 2.23 bits per heavy atom. The third-order valence-corrected chi connectivity index (χ3v) is 5.58. The quantitative estimate of drug-likeness (QED) is 0.830. The first-order valence-electron chi connectivity index (χ1n) is 9.04. The predicted octanol–water partition coefficient (Wildman–Crippen LogP) is 3.34. The molecule has 134 valence electrons. The molecule has 2 heterocycles. The number of carbonyl (C=O) groups excluding carboxylic acids is 2. The van der Waals surface area contributed by atoms with Gasteiger partial charge in [0.1, 0.15) is 5.54 Å². The highest BCUT2D eigenvalue weighted by Gasteiger charge is 2.45. The maximum Gasteiger partial charge on any atom is 0.254 e. The van der Waals surface area contributed by atoms with Crippen molar-refractivity contribution in [1.29, 1.82) is 0 Å². The van der Waals surface area contributed by atoms with E-state index in [-0.39, 0.29) is 11.8 Å². The zero-order valence-electron chi connectivity index (χ0n) is 15.1. The monoisotopic (exact) mass is 349 g/mol. The van der Waals surface area contributed by atoms with Gasteiger partial charge in [-0.25, -0.2) is 0 Å². The summed E-state index contributed by atoms with van der Waals surface area (Å²) in [6.07, 6.45) is 1.20. The lowest BCUT2D eigenvalue weighted by atomic mass is 9.84. The van der Waals surface area contributed by atoms with Gasteiger partial charge >= 0.3 is 0 Å². The van der Waals surface area contributed by atoms with Gasteiger partial charge in [0.2, 0.25) is 5.91 Å². The Balaban J connectivity index is 1.53. The second-order valence-electron chi connectivity index (χ2n) is 7.27. The molecule has 1 spiro atoms. The number of aryl methyl sites for hydroxylation is 2. The average molecular weight is 349 g/mol. The third kappa shape index (κ3) is 2.64. The molecule has 0 saturated carbocycles. The summed E-state index contributed by atoms with van der Waals surface area (Å²) in [4.78, 5) is 27.6. The minimum atomic E-state index is -0.633. The van der Waals surface area contributed by atoms with Crippen LogP contribution in [0.3, 0.4) is 0 Å². The molecule has 2 aromatic carbocycles. The molecule has 5 heteroatoms. The maximum atomic E-state index is 13.0. The normalized spacial score (nSPS) is 18.1. The number of nitrogens with zero attached hydrogens (tertiary/aromatic N) is 1. The molecule has 0 aromatic heterocycles. The maximum absolute atomic E-state index is 13.0. The van der Waals surface area contributed by atoms with Gasteiger partial charge in [0.05, 0.1) is 11.4 Å². The molecular formula is C21H23N3O2. The summed E-state index contributed by atoms with van der Waals surface area (Å²) in [5.74, 6) is 0.0578. The second kappa shape index (κ2) is 6.16. The molecule has 2 N–H and O–H groups in total. The van der Waals surface area contributed by atoms with E-state index in [9.17, 15) is 9.59 Å². The lowest BCUT2D eigenvalue weighted by Crippen LogP contribution is -2.59. The highest BCUT2D eigenvalue weighted by molar-refractivity contribution is 6.06. The molecule has 2 aromatic rings. The molecule has 0 aliphatic carbocycles. The summed E-state index contributed by atoms with van der Waals surface area (Å²) in [5, 5.41) is 6.44. The molecule has 2 aliphatic rings. The molecule has 5 nitrogen and oxygen atoms in total. The number of nitrogens with one attached hydrogen (secondary N) is 2. The van der Waals surface area contributed by atoms with Crippen LogP contribution in [0.15, 0.2) is 42.5 Å². The molecule has 0 unspecified atom stereocenters. The number of para-hydroxylation sites is 2. The Labute approximate surface area is 153 Å². The molecule has 4 rings (SSSR count). The van der Waals surface area contributed by atoms with E-state index in [0.717, 1.165) is 28.1 Å². The van der Waals surface area contributed by atoms with Crippen molar-refractivity contribution in [2.45, 2.75) is 32.2 Å². The van der Waals surface area contributed by atoms with Crippen LogP contribution in [0.4, 0.5) is 11.4 Å². The van der Waals surface area contributed by atoms with Crippen molar-refractivity contribution in [3.8, 4) is 0 Å². The van der Waals surface area contributed by atoms with E-state index in [0.29, 0.717) is 25.9 Å². The van der Waals surface area contributed by atoms with Crippen molar-refractivity contribution in [1.82, 2.24) is 4.90 Å². The van der Waals surface area contributed by atoms with Gasteiger partial charge in [-0.1, -0.05) is 30.3 Å². The first-order valence-corrected chi connectivity index (χ1v) is 9.04. The van der Waals surface area contributed by atoms with Crippen molar-refractivity contribution in [2.75, 3.05) is 23.7 Å². The van der Waals surface area contributed by atoms with Gasteiger partial charge in [0, 0.05) is 18.7 Å². The first-order chi connectivity index (χ1) is 12.5. The average Bonchev–Trinajstić information content (AvgIpc) is 2.63. The van der Waals surface area contributed by atoms with E-state index < -0.39 is 5.54 Å². The van der Waals surface area contributed by atoms with Gasteiger partial charge in [-0.3, -0.25) is 9.59 Å². The lowest BCUT2D eigenvalue weighted by Gasteiger charge is -2.44. The molecule has 0 atom stereocenters. The summed E-state index contributed by atoms with van der Waals surface area (Å²) in [6.45, 7) is 5.07. The number of hydrogen-bond acceptors (Lipinski definition) is 3. The Kier molecular flexibility index (Phi) is 3.94. The van der Waals surface area contributed by atoms with Crippen molar-refractivity contribution in [3.63, 3.8) is 0 Å². The van der Waals surface area contributed by atoms with Crippen molar-refractivity contribution >= 4 is 23.2 Å². The van der Waals surface area contributed by atoms with Gasteiger partial charge in [-0.2, -0.15) is 0 Å². The number of amides is 2. The zero-order valence-corrected chi connectivity index (χ0v) is 15.1. The van der Waals surface area contributed by atoms with Crippen LogP contribution in [0.1, 0.15) is 34.3 Å². The van der Waals surface area contributed by atoms with E-state index in [1.165, 1.54) is 0 Å². The molecule has 2 amide bonds. The Bertz CT molecular complexity index is 862. The molecule has 26 heavy (non-hydrogen) atoms. The Hall–Kier alpha value is -2.82. The van der Waals surface area contributed by atoms with Gasteiger partial charge in [-0.05, 0) is 49.9 Å². The van der Waals surface area contributed by atoms with Crippen LogP contribution in [0.25, 0.3) is 0 Å². The summed E-state index contributed by atoms with van der Waals surface area (Å²) in [5.41, 5.74) is 3.91. The molecule has 1 fully saturated rings. The van der Waals surface area contributed by atoms with E-state index >= 15 is 0 Å². The van der Waals surface area contributed by atoms with Gasteiger partial charge in [0.15, 0.2) is 0 Å². The van der Waals surface area contributed by atoms with Crippen molar-refractivity contribution in [3.05, 3.63) is 59.2 Å². The number of hydrogen-bond donors (Lipinski definition) is 2. The van der Waals surface area contributed by atoms with Crippen LogP contribution < -0.4 is 10.6 Å². The highest BCUT2D eigenvalue weighted by Crippen LogP contribution is 2.36. The topological polar surface area (TPSA) is 61.4 Å². The molecule has 2 aliphatic heterocycles. The van der Waals surface area contributed by atoms with Crippen LogP contribution in [0.5, 0.6) is 0 Å². The second-order valence-corrected chi connectivity index (χ2v) is 7.27. The predicted molar refractivity (Wildman–Crippen MR) is 102 cm³/mol. The van der Waals surface area contributed by atoms with E-state index in [4.69, 9.17) is 0 Å². The van der Waals surface area contributed by atoms with E-state index in [2.05, 4.69) is 10.6 Å². The molecule has 1 saturated heterocycles. The number of piperidine rings is 1. The minimum Gasteiger partial charge on any atom is -0.369 e. The fourth-order valence-corrected chi connectivity index (χ4v) is 4.01. The van der Waals surface area contributed by atoms with Crippen LogP contribution in [-0.4, -0.2) is 35.3 Å². The van der Waals surface area contributed by atoms with Crippen molar-refractivity contribution in [2.24, 2.45) is 0 Å². The standard InChI is InChI=1S/C21H23N3O2/c1-14-6-5-7-15(2)18(14)19(25)24-12-10-21(11-13-24)20(26)22-16-8-3-4-9-17(16)23-21/h3-9,23H,10-13H2,1-2H3,(H,22,26). The Morgan fingerprint density at radius 1 is 0.962 bits per heavy atom. The van der Waals surface area contributed by atoms with Crippen LogP contribution in [0, 0.1) is 13.8 Å². The third-order valence-electron chi connectivity index (χ3n) is 5.58. The van der Waals surface area contributed by atoms with Crippen molar-refractivity contribution < 1.29 is 9.59 Å². The zero-order chi connectivity index (χ0) is 18.3. The van der Waals surface area contributed by atoms with Crippen LogP contribution in [0.2, 0.25) is 0 Å². The van der Waals surface area contributed by atoms with Gasteiger partial charge in [0.25, 0.3) is 5.91 Å². The fraction of sp³-hybridized carbons (Fsp3) is 0.333. The fourth-order valence-electron chi connectivity index (χ4n) is 4.01. The number of fused-ring (bicyclic) bond motifs is 1. The number of benzene rings is 2. The number of likely N-dealkylation sites (tertiary alicyclic amines) is 1. The van der Waals surface area contributed by atoms with Crippen LogP contribution >= 0.6 is 0 Å². The van der Waals surface area contributed by atoms with Crippen LogP contribution in [-0.2, 0) is 4.79 Å². The molecule has 0 radical (unpaired) electrons. The smallest absolute Gasteiger partial charge is 0.254 e. The van der Waals surface area contributed by atoms with E-state index in [1.807, 2.05) is 61.2 Å². The first kappa shape index (κ1) is 16.6. The molecule has 0 bridgehead atoms. The minimum absolute atomic E-state index is 0.00429. The summed E-state index contributed by atoms with van der Waals surface area (Å²) >= 11 is 0. The number of carbonyl (C=O) groups is 2. The number of anilines is 2. The Morgan fingerprint density at radius 2 is 1.58 bits per heavy atom.